The van der Waals surface area contributed by atoms with Gasteiger partial charge in [0.2, 0.25) is 0 Å². The van der Waals surface area contributed by atoms with Crippen LogP contribution in [-0.4, -0.2) is 71.1 Å². The largest absolute Gasteiger partial charge is 0.444 e. The van der Waals surface area contributed by atoms with E-state index in [2.05, 4.69) is 20.9 Å². The maximum absolute atomic E-state index is 13.2. The van der Waals surface area contributed by atoms with Crippen molar-refractivity contribution in [1.82, 2.24) is 15.6 Å². The number of aryl methyl sites for hydroxylation is 1. The lowest BCUT2D eigenvalue weighted by Gasteiger charge is -2.24. The highest BCUT2D eigenvalue weighted by molar-refractivity contribution is 7.99. The second kappa shape index (κ2) is 13.8. The number of amides is 2. The summed E-state index contributed by atoms with van der Waals surface area (Å²) < 4.78 is 43.8. The number of carbonyl (C=O) groups is 2. The van der Waals surface area contributed by atoms with Crippen molar-refractivity contribution >= 4 is 40.4 Å². The van der Waals surface area contributed by atoms with Crippen LogP contribution < -0.4 is 16.0 Å². The fourth-order valence-corrected chi connectivity index (χ4v) is 4.79. The number of hydrogen-bond donors (Lipinski definition) is 4. The van der Waals surface area contributed by atoms with Crippen LogP contribution in [0.1, 0.15) is 69.6 Å². The Morgan fingerprint density at radius 2 is 1.77 bits per heavy atom. The normalized spacial score (nSPS) is 13.2. The molecule has 4 N–H and O–H groups in total. The van der Waals surface area contributed by atoms with Gasteiger partial charge >= 0.3 is 12.3 Å². The Balaban J connectivity index is 2.30. The summed E-state index contributed by atoms with van der Waals surface area (Å²) in [6.07, 6.45) is -4.35. The number of aliphatic hydroxyl groups excluding tert-OH is 1. The number of hydrogen-bond acceptors (Lipinski definition) is 7. The second-order valence-electron chi connectivity index (χ2n) is 11.7. The SMILES string of the molecule is Cc1cc(C(=O)NC[C@H](CSCCCO)NC(=O)OC(C)(C)C)nc2c(C(C)(C)C)cc(NCC(F)(F)F)cc12. The summed E-state index contributed by atoms with van der Waals surface area (Å²) in [7, 11) is 0. The third kappa shape index (κ3) is 11.0. The highest BCUT2D eigenvalue weighted by Crippen LogP contribution is 2.34. The molecule has 1 aromatic carbocycles. The molecule has 0 aliphatic heterocycles. The zero-order valence-corrected chi connectivity index (χ0v) is 25.0. The smallest absolute Gasteiger partial charge is 0.407 e. The summed E-state index contributed by atoms with van der Waals surface area (Å²) in [4.78, 5) is 30.2. The Hall–Kier alpha value is -2.73. The summed E-state index contributed by atoms with van der Waals surface area (Å²) in [5.74, 6) is 0.740. The van der Waals surface area contributed by atoms with E-state index in [0.29, 0.717) is 45.6 Å². The fraction of sp³-hybridized carbons (Fsp3) is 0.607. The van der Waals surface area contributed by atoms with E-state index in [1.807, 2.05) is 20.8 Å². The van der Waals surface area contributed by atoms with Crippen LogP contribution in [0.25, 0.3) is 10.9 Å². The van der Waals surface area contributed by atoms with Crippen LogP contribution >= 0.6 is 11.8 Å². The number of anilines is 1. The summed E-state index contributed by atoms with van der Waals surface area (Å²) in [6, 6.07) is 4.43. The predicted molar refractivity (Wildman–Crippen MR) is 154 cm³/mol. The van der Waals surface area contributed by atoms with Gasteiger partial charge in [0.05, 0.1) is 11.6 Å². The van der Waals surface area contributed by atoms with Gasteiger partial charge in [-0.1, -0.05) is 20.8 Å². The molecule has 0 bridgehead atoms. The second-order valence-corrected chi connectivity index (χ2v) is 12.8. The number of halogens is 3. The van der Waals surface area contributed by atoms with E-state index in [1.54, 1.807) is 45.9 Å². The van der Waals surface area contributed by atoms with Crippen molar-refractivity contribution in [2.24, 2.45) is 0 Å². The van der Waals surface area contributed by atoms with Gasteiger partial charge in [0.25, 0.3) is 5.91 Å². The predicted octanol–water partition coefficient (Wildman–Crippen LogP) is 5.55. The van der Waals surface area contributed by atoms with E-state index >= 15 is 0 Å². The number of pyridine rings is 1. The minimum Gasteiger partial charge on any atom is -0.444 e. The molecule has 0 unspecified atom stereocenters. The summed E-state index contributed by atoms with van der Waals surface area (Å²) in [6.45, 7) is 11.9. The van der Waals surface area contributed by atoms with Crippen LogP contribution in [0.3, 0.4) is 0 Å². The van der Waals surface area contributed by atoms with Crippen molar-refractivity contribution in [2.75, 3.05) is 36.5 Å². The van der Waals surface area contributed by atoms with Gasteiger partial charge in [-0.05, 0) is 74.6 Å². The molecule has 1 heterocycles. The van der Waals surface area contributed by atoms with Crippen molar-refractivity contribution in [3.8, 4) is 0 Å². The van der Waals surface area contributed by atoms with Crippen molar-refractivity contribution in [3.05, 3.63) is 35.0 Å². The lowest BCUT2D eigenvalue weighted by Crippen LogP contribution is -2.47. The molecule has 2 rings (SSSR count). The number of alkyl carbamates (subject to hydrolysis) is 1. The number of aliphatic hydroxyl groups is 1. The summed E-state index contributed by atoms with van der Waals surface area (Å²) >= 11 is 1.54. The van der Waals surface area contributed by atoms with Gasteiger partial charge in [-0.3, -0.25) is 4.79 Å². The Morgan fingerprint density at radius 1 is 1.10 bits per heavy atom. The van der Waals surface area contributed by atoms with Gasteiger partial charge < -0.3 is 25.8 Å². The highest BCUT2D eigenvalue weighted by atomic mass is 32.2. The van der Waals surface area contributed by atoms with Crippen LogP contribution in [0.4, 0.5) is 23.7 Å². The molecule has 12 heteroatoms. The summed E-state index contributed by atoms with van der Waals surface area (Å²) in [5, 5.41) is 17.8. The Morgan fingerprint density at radius 3 is 2.35 bits per heavy atom. The first kappa shape index (κ1) is 33.5. The summed E-state index contributed by atoms with van der Waals surface area (Å²) in [5.41, 5.74) is 1.29. The molecule has 40 heavy (non-hydrogen) atoms. The molecule has 224 valence electrons. The van der Waals surface area contributed by atoms with Crippen molar-refractivity contribution < 1.29 is 32.6 Å². The minimum absolute atomic E-state index is 0.0668. The molecule has 0 aliphatic rings. The molecule has 8 nitrogen and oxygen atoms in total. The number of rotatable bonds is 11. The number of carbonyl (C=O) groups excluding carboxylic acids is 2. The standard InChI is InChI=1S/C28H41F3N4O4S/c1-17-11-22(24(37)32-14-19(15-40-10-8-9-36)34-25(38)39-27(5,6)7)35-23-20(17)12-18(33-16-28(29,30)31)13-21(23)26(2,3)4/h11-13,19,33,36H,8-10,14-16H2,1-7H3,(H,32,37)(H,34,38)/t19-/m1/s1. The average Bonchev–Trinajstić information content (AvgIpc) is 2.80. The number of alkyl halides is 3. The van der Waals surface area contributed by atoms with Gasteiger partial charge in [-0.25, -0.2) is 9.78 Å². The van der Waals surface area contributed by atoms with Gasteiger partial charge in [0, 0.05) is 30.0 Å². The Labute approximate surface area is 238 Å². The molecular formula is C28H41F3N4O4S. The number of benzene rings is 1. The number of aromatic nitrogens is 1. The van der Waals surface area contributed by atoms with E-state index in [1.165, 1.54) is 11.8 Å². The van der Waals surface area contributed by atoms with Gasteiger partial charge in [0.15, 0.2) is 0 Å². The van der Waals surface area contributed by atoms with Crippen molar-refractivity contribution in [3.63, 3.8) is 0 Å². The first-order valence-electron chi connectivity index (χ1n) is 13.1. The van der Waals surface area contributed by atoms with Crippen LogP contribution in [0.5, 0.6) is 0 Å². The molecule has 0 spiro atoms. The first-order chi connectivity index (χ1) is 18.4. The van der Waals surface area contributed by atoms with Crippen molar-refractivity contribution in [1.29, 1.82) is 0 Å². The first-order valence-corrected chi connectivity index (χ1v) is 14.3. The topological polar surface area (TPSA) is 113 Å². The fourth-order valence-electron chi connectivity index (χ4n) is 3.81. The lowest BCUT2D eigenvalue weighted by molar-refractivity contribution is -0.115. The Kier molecular flexibility index (Phi) is 11.5. The molecule has 0 aliphatic carbocycles. The maximum Gasteiger partial charge on any atom is 0.407 e. The highest BCUT2D eigenvalue weighted by Gasteiger charge is 2.28. The minimum atomic E-state index is -4.36. The molecular weight excluding hydrogens is 545 g/mol. The van der Waals surface area contributed by atoms with Crippen LogP contribution in [0.15, 0.2) is 18.2 Å². The number of fused-ring (bicyclic) bond motifs is 1. The van der Waals surface area contributed by atoms with E-state index in [4.69, 9.17) is 9.84 Å². The van der Waals surface area contributed by atoms with Crippen LogP contribution in [0.2, 0.25) is 0 Å². The van der Waals surface area contributed by atoms with Crippen molar-refractivity contribution in [2.45, 2.75) is 78.1 Å². The molecule has 2 aromatic rings. The molecule has 0 radical (unpaired) electrons. The van der Waals surface area contributed by atoms with Gasteiger partial charge in [0.1, 0.15) is 17.8 Å². The number of ether oxygens (including phenoxy) is 1. The van der Waals surface area contributed by atoms with E-state index in [-0.39, 0.29) is 18.8 Å². The maximum atomic E-state index is 13.2. The molecule has 1 aromatic heterocycles. The van der Waals surface area contributed by atoms with E-state index in [0.717, 1.165) is 0 Å². The monoisotopic (exact) mass is 586 g/mol. The zero-order valence-electron chi connectivity index (χ0n) is 24.2. The zero-order chi connectivity index (χ0) is 30.3. The van der Waals surface area contributed by atoms with E-state index < -0.39 is 41.8 Å². The van der Waals surface area contributed by atoms with Gasteiger partial charge in [-0.2, -0.15) is 24.9 Å². The average molecular weight is 587 g/mol. The molecule has 1 atom stereocenters. The third-order valence-electron chi connectivity index (χ3n) is 5.65. The molecule has 0 saturated heterocycles. The lowest BCUT2D eigenvalue weighted by atomic mass is 9.84. The molecule has 0 saturated carbocycles. The third-order valence-corrected chi connectivity index (χ3v) is 6.86. The molecule has 0 fully saturated rings. The van der Waals surface area contributed by atoms with Crippen LogP contribution in [0, 0.1) is 6.92 Å². The number of nitrogens with zero attached hydrogens (tertiary/aromatic N) is 1. The quantitative estimate of drug-likeness (QED) is 0.255. The molecule has 2 amide bonds. The van der Waals surface area contributed by atoms with Gasteiger partial charge in [-0.15, -0.1) is 0 Å². The van der Waals surface area contributed by atoms with Crippen LogP contribution in [-0.2, 0) is 10.2 Å². The van der Waals surface area contributed by atoms with E-state index in [9.17, 15) is 22.8 Å². The number of thioether (sulfide) groups is 1. The number of nitrogens with one attached hydrogen (secondary N) is 3. The Bertz CT molecular complexity index is 1180.